The Labute approximate surface area is 110 Å². The molecule has 1 unspecified atom stereocenters. The molecule has 1 aromatic carbocycles. The number of carbonyl (C=O) groups is 1. The summed E-state index contributed by atoms with van der Waals surface area (Å²) >= 11 is 0. The van der Waals surface area contributed by atoms with Crippen molar-refractivity contribution in [1.82, 2.24) is 10.3 Å². The molecule has 0 bridgehead atoms. The molecular formula is C14H16N2O3. The van der Waals surface area contributed by atoms with Crippen molar-refractivity contribution in [3.8, 4) is 0 Å². The summed E-state index contributed by atoms with van der Waals surface area (Å²) in [7, 11) is 0. The van der Waals surface area contributed by atoms with Crippen LogP contribution in [0.1, 0.15) is 25.5 Å². The van der Waals surface area contributed by atoms with E-state index in [1.54, 1.807) is 12.1 Å². The summed E-state index contributed by atoms with van der Waals surface area (Å²) in [6, 6.07) is 5.24. The fraction of sp³-hybridized carbons (Fsp3) is 0.286. The van der Waals surface area contributed by atoms with Crippen molar-refractivity contribution in [1.29, 1.82) is 0 Å². The zero-order valence-corrected chi connectivity index (χ0v) is 10.9. The highest BCUT2D eigenvalue weighted by atomic mass is 16.4. The molecule has 2 N–H and O–H groups in total. The summed E-state index contributed by atoms with van der Waals surface area (Å²) in [5, 5.41) is 2.87. The normalized spacial score (nSPS) is 12.6. The molecule has 0 aliphatic heterocycles. The molecule has 1 atom stereocenters. The number of hydrogen-bond acceptors (Lipinski definition) is 3. The third-order valence-electron chi connectivity index (χ3n) is 2.95. The Kier molecular flexibility index (Phi) is 3.55. The van der Waals surface area contributed by atoms with Gasteiger partial charge in [-0.15, -0.1) is 0 Å². The van der Waals surface area contributed by atoms with Crippen LogP contribution >= 0.6 is 0 Å². The number of H-pyrrole nitrogens is 1. The fourth-order valence-corrected chi connectivity index (χ4v) is 2.00. The molecule has 1 amide bonds. The van der Waals surface area contributed by atoms with Crippen LogP contribution in [0.5, 0.6) is 0 Å². The largest absolute Gasteiger partial charge is 0.417 e. The van der Waals surface area contributed by atoms with Crippen molar-refractivity contribution >= 4 is 17.0 Å². The average Bonchev–Trinajstić information content (AvgIpc) is 2.74. The molecule has 2 aromatic rings. The highest BCUT2D eigenvalue weighted by Gasteiger charge is 2.18. The van der Waals surface area contributed by atoms with E-state index >= 15 is 0 Å². The molecule has 1 aromatic heterocycles. The molecule has 0 spiro atoms. The number of amides is 1. The predicted molar refractivity (Wildman–Crippen MR) is 72.8 cm³/mol. The number of aromatic amines is 1. The molecule has 19 heavy (non-hydrogen) atoms. The summed E-state index contributed by atoms with van der Waals surface area (Å²) in [5.41, 5.74) is 2.02. The first kappa shape index (κ1) is 13.1. The molecular weight excluding hydrogens is 244 g/mol. The van der Waals surface area contributed by atoms with Gasteiger partial charge >= 0.3 is 5.76 Å². The summed E-state index contributed by atoms with van der Waals surface area (Å²) < 4.78 is 5.03. The Hall–Kier alpha value is -2.30. The van der Waals surface area contributed by atoms with E-state index in [9.17, 15) is 9.59 Å². The van der Waals surface area contributed by atoms with Crippen LogP contribution < -0.4 is 11.1 Å². The lowest BCUT2D eigenvalue weighted by Gasteiger charge is -2.22. The second kappa shape index (κ2) is 5.14. The first-order valence-electron chi connectivity index (χ1n) is 6.07. The number of benzene rings is 1. The Bertz CT molecular complexity index is 667. The van der Waals surface area contributed by atoms with Crippen LogP contribution in [0.25, 0.3) is 11.1 Å². The Morgan fingerprint density at radius 3 is 2.84 bits per heavy atom. The Morgan fingerprint density at radius 2 is 2.21 bits per heavy atom. The molecule has 0 radical (unpaired) electrons. The standard InChI is InChI=1S/C14H16N2O3/c1-4-12(17)16-13(8(2)3)9-5-6-10-11(7-9)19-14(18)15-10/h4-8,13H,1H2,2-3H3,(H,15,18)(H,16,17). The van der Waals surface area contributed by atoms with E-state index in [0.717, 1.165) is 5.56 Å². The summed E-state index contributed by atoms with van der Waals surface area (Å²) in [6.07, 6.45) is 1.24. The Morgan fingerprint density at radius 1 is 1.47 bits per heavy atom. The lowest BCUT2D eigenvalue weighted by Crippen LogP contribution is -2.30. The SMILES string of the molecule is C=CC(=O)NC(c1ccc2[nH]c(=O)oc2c1)C(C)C. The minimum absolute atomic E-state index is 0.157. The van der Waals surface area contributed by atoms with Gasteiger partial charge in [0.1, 0.15) is 0 Å². The quantitative estimate of drug-likeness (QED) is 0.827. The van der Waals surface area contributed by atoms with Crippen LogP contribution in [-0.2, 0) is 4.79 Å². The van der Waals surface area contributed by atoms with Gasteiger partial charge in [0.2, 0.25) is 5.91 Å². The highest BCUT2D eigenvalue weighted by molar-refractivity contribution is 5.87. The van der Waals surface area contributed by atoms with Gasteiger partial charge < -0.3 is 9.73 Å². The number of aromatic nitrogens is 1. The molecule has 0 saturated carbocycles. The van der Waals surface area contributed by atoms with Gasteiger partial charge in [-0.1, -0.05) is 26.5 Å². The summed E-state index contributed by atoms with van der Waals surface area (Å²) in [6.45, 7) is 7.45. The predicted octanol–water partition coefficient (Wildman–Crippen LogP) is 2.12. The highest BCUT2D eigenvalue weighted by Crippen LogP contribution is 2.24. The van der Waals surface area contributed by atoms with Crippen LogP contribution in [-0.4, -0.2) is 10.9 Å². The van der Waals surface area contributed by atoms with Gasteiger partial charge in [-0.25, -0.2) is 4.79 Å². The van der Waals surface area contributed by atoms with Crippen molar-refractivity contribution in [2.75, 3.05) is 0 Å². The first-order chi connectivity index (χ1) is 9.01. The van der Waals surface area contributed by atoms with Gasteiger partial charge in [0.25, 0.3) is 0 Å². The topological polar surface area (TPSA) is 75.1 Å². The van der Waals surface area contributed by atoms with E-state index in [4.69, 9.17) is 4.42 Å². The van der Waals surface area contributed by atoms with Gasteiger partial charge in [-0.3, -0.25) is 9.78 Å². The molecule has 1 heterocycles. The smallest absolute Gasteiger partial charge is 0.408 e. The zero-order chi connectivity index (χ0) is 14.0. The monoisotopic (exact) mass is 260 g/mol. The number of oxazole rings is 1. The van der Waals surface area contributed by atoms with E-state index in [1.807, 2.05) is 19.9 Å². The van der Waals surface area contributed by atoms with E-state index in [1.165, 1.54) is 6.08 Å². The van der Waals surface area contributed by atoms with E-state index < -0.39 is 5.76 Å². The second-order valence-corrected chi connectivity index (χ2v) is 4.70. The molecule has 0 aliphatic rings. The van der Waals surface area contributed by atoms with Crippen molar-refractivity contribution in [3.63, 3.8) is 0 Å². The van der Waals surface area contributed by atoms with Crippen LogP contribution in [0.2, 0.25) is 0 Å². The zero-order valence-electron chi connectivity index (χ0n) is 10.9. The van der Waals surface area contributed by atoms with Crippen molar-refractivity contribution in [3.05, 3.63) is 47.0 Å². The van der Waals surface area contributed by atoms with Gasteiger partial charge in [0, 0.05) is 0 Å². The van der Waals surface area contributed by atoms with Gasteiger partial charge in [-0.05, 0) is 29.7 Å². The molecule has 0 aliphatic carbocycles. The third kappa shape index (κ3) is 2.76. The number of carbonyl (C=O) groups excluding carboxylic acids is 1. The molecule has 0 saturated heterocycles. The van der Waals surface area contributed by atoms with E-state index in [0.29, 0.717) is 11.1 Å². The first-order valence-corrected chi connectivity index (χ1v) is 6.07. The lowest BCUT2D eigenvalue weighted by molar-refractivity contribution is -0.117. The minimum atomic E-state index is -0.483. The summed E-state index contributed by atoms with van der Waals surface area (Å²) in [5.74, 6) is -0.510. The fourth-order valence-electron chi connectivity index (χ4n) is 2.00. The number of nitrogens with one attached hydrogen (secondary N) is 2. The van der Waals surface area contributed by atoms with Gasteiger partial charge in [0.05, 0.1) is 11.6 Å². The molecule has 5 nitrogen and oxygen atoms in total. The number of rotatable bonds is 4. The van der Waals surface area contributed by atoms with Crippen molar-refractivity contribution in [2.24, 2.45) is 5.92 Å². The van der Waals surface area contributed by atoms with E-state index in [2.05, 4.69) is 16.9 Å². The van der Waals surface area contributed by atoms with E-state index in [-0.39, 0.29) is 17.9 Å². The van der Waals surface area contributed by atoms with Crippen LogP contribution in [0.15, 0.2) is 40.1 Å². The average molecular weight is 260 g/mol. The molecule has 0 fully saturated rings. The van der Waals surface area contributed by atoms with Crippen LogP contribution in [0, 0.1) is 5.92 Å². The lowest BCUT2D eigenvalue weighted by atomic mass is 9.95. The van der Waals surface area contributed by atoms with Gasteiger partial charge in [0.15, 0.2) is 5.58 Å². The number of fused-ring (bicyclic) bond motifs is 1. The van der Waals surface area contributed by atoms with Crippen LogP contribution in [0.3, 0.4) is 0 Å². The maximum absolute atomic E-state index is 11.5. The van der Waals surface area contributed by atoms with Gasteiger partial charge in [-0.2, -0.15) is 0 Å². The Balaban J connectivity index is 2.40. The molecule has 100 valence electrons. The maximum Gasteiger partial charge on any atom is 0.417 e. The van der Waals surface area contributed by atoms with Crippen LogP contribution in [0.4, 0.5) is 0 Å². The minimum Gasteiger partial charge on any atom is -0.408 e. The summed E-state index contributed by atoms with van der Waals surface area (Å²) in [4.78, 5) is 25.2. The molecule has 2 rings (SSSR count). The third-order valence-corrected chi connectivity index (χ3v) is 2.95. The maximum atomic E-state index is 11.5. The molecule has 5 heteroatoms. The number of hydrogen-bond donors (Lipinski definition) is 2. The van der Waals surface area contributed by atoms with Crippen molar-refractivity contribution in [2.45, 2.75) is 19.9 Å². The second-order valence-electron chi connectivity index (χ2n) is 4.70. The van der Waals surface area contributed by atoms with Crippen molar-refractivity contribution < 1.29 is 9.21 Å².